The van der Waals surface area contributed by atoms with Gasteiger partial charge in [-0.3, -0.25) is 9.78 Å². The zero-order valence-corrected chi connectivity index (χ0v) is 15.2. The van der Waals surface area contributed by atoms with E-state index in [2.05, 4.69) is 10.3 Å². The SMILES string of the molecule is CC(C)(NC(=O)c1c(Cl)sc(Cl)c1I)c1ccccn1. The van der Waals surface area contributed by atoms with E-state index < -0.39 is 5.54 Å². The Labute approximate surface area is 144 Å². The highest BCUT2D eigenvalue weighted by Gasteiger charge is 2.28. The van der Waals surface area contributed by atoms with Gasteiger partial charge in [0.1, 0.15) is 8.67 Å². The summed E-state index contributed by atoms with van der Waals surface area (Å²) in [6.07, 6.45) is 1.70. The standard InChI is InChI=1S/C13H11Cl2IN2OS/c1-13(2,7-5-3-4-6-17-7)18-12(19)8-9(16)11(15)20-10(8)14/h3-6H,1-2H3,(H,18,19). The van der Waals surface area contributed by atoms with Gasteiger partial charge in [0.15, 0.2) is 0 Å². The average molecular weight is 441 g/mol. The second-order valence-electron chi connectivity index (χ2n) is 4.63. The molecular formula is C13H11Cl2IN2OS. The Bertz CT molecular complexity index is 643. The molecule has 0 bridgehead atoms. The molecule has 2 aromatic heterocycles. The van der Waals surface area contributed by atoms with E-state index in [0.717, 1.165) is 5.69 Å². The smallest absolute Gasteiger partial charge is 0.255 e. The van der Waals surface area contributed by atoms with Crippen LogP contribution in [0.2, 0.25) is 8.67 Å². The second-order valence-corrected chi connectivity index (χ2v) is 7.94. The van der Waals surface area contributed by atoms with Crippen LogP contribution in [0.5, 0.6) is 0 Å². The third-order valence-electron chi connectivity index (χ3n) is 2.73. The first-order valence-electron chi connectivity index (χ1n) is 5.70. The van der Waals surface area contributed by atoms with Crippen molar-refractivity contribution in [3.8, 4) is 0 Å². The summed E-state index contributed by atoms with van der Waals surface area (Å²) in [6.45, 7) is 3.78. The van der Waals surface area contributed by atoms with E-state index in [9.17, 15) is 4.79 Å². The Hall–Kier alpha value is -0.370. The molecule has 1 amide bonds. The molecule has 2 rings (SSSR count). The van der Waals surface area contributed by atoms with E-state index in [0.29, 0.717) is 17.8 Å². The van der Waals surface area contributed by atoms with Gasteiger partial charge in [-0.05, 0) is 48.6 Å². The molecule has 0 saturated carbocycles. The van der Waals surface area contributed by atoms with Gasteiger partial charge in [-0.25, -0.2) is 0 Å². The second kappa shape index (κ2) is 6.17. The highest BCUT2D eigenvalue weighted by molar-refractivity contribution is 14.1. The number of nitrogens with zero attached hydrogens (tertiary/aromatic N) is 1. The quantitative estimate of drug-likeness (QED) is 0.701. The van der Waals surface area contributed by atoms with Crippen molar-refractivity contribution in [3.63, 3.8) is 0 Å². The van der Waals surface area contributed by atoms with Crippen LogP contribution < -0.4 is 5.32 Å². The van der Waals surface area contributed by atoms with Crippen LogP contribution in [0.4, 0.5) is 0 Å². The summed E-state index contributed by atoms with van der Waals surface area (Å²) in [7, 11) is 0. The third-order valence-corrected chi connectivity index (χ3v) is 6.10. The number of hydrogen-bond acceptors (Lipinski definition) is 3. The van der Waals surface area contributed by atoms with E-state index in [-0.39, 0.29) is 5.91 Å². The van der Waals surface area contributed by atoms with Crippen LogP contribution in [-0.4, -0.2) is 10.9 Å². The number of carbonyl (C=O) groups is 1. The topological polar surface area (TPSA) is 42.0 Å². The largest absolute Gasteiger partial charge is 0.341 e. The Balaban J connectivity index is 2.28. The minimum Gasteiger partial charge on any atom is -0.341 e. The molecule has 0 aliphatic carbocycles. The lowest BCUT2D eigenvalue weighted by molar-refractivity contribution is 0.0910. The van der Waals surface area contributed by atoms with Crippen molar-refractivity contribution in [1.82, 2.24) is 10.3 Å². The maximum Gasteiger partial charge on any atom is 0.255 e. The monoisotopic (exact) mass is 440 g/mol. The maximum absolute atomic E-state index is 12.4. The summed E-state index contributed by atoms with van der Waals surface area (Å²) < 4.78 is 1.60. The number of aromatic nitrogens is 1. The first-order valence-corrected chi connectivity index (χ1v) is 8.35. The molecule has 20 heavy (non-hydrogen) atoms. The molecule has 0 fully saturated rings. The van der Waals surface area contributed by atoms with E-state index in [1.54, 1.807) is 6.20 Å². The number of thiophene rings is 1. The Kier molecular flexibility index (Phi) is 4.94. The summed E-state index contributed by atoms with van der Waals surface area (Å²) in [5.74, 6) is -0.252. The number of rotatable bonds is 3. The van der Waals surface area contributed by atoms with Crippen LogP contribution in [0.3, 0.4) is 0 Å². The summed E-state index contributed by atoms with van der Waals surface area (Å²) in [5.41, 5.74) is 0.603. The van der Waals surface area contributed by atoms with Crippen LogP contribution in [0.25, 0.3) is 0 Å². The normalized spacial score (nSPS) is 11.4. The third kappa shape index (κ3) is 3.27. The summed E-state index contributed by atoms with van der Waals surface area (Å²) >= 11 is 15.3. The molecule has 0 aliphatic rings. The van der Waals surface area contributed by atoms with Gasteiger partial charge in [0.05, 0.1) is 20.4 Å². The molecule has 106 valence electrons. The Morgan fingerprint density at radius 3 is 2.55 bits per heavy atom. The number of amides is 1. The minimum atomic E-state index is -0.598. The summed E-state index contributed by atoms with van der Waals surface area (Å²) in [4.78, 5) is 16.7. The van der Waals surface area contributed by atoms with Crippen molar-refractivity contribution in [2.75, 3.05) is 0 Å². The highest BCUT2D eigenvalue weighted by atomic mass is 127. The Morgan fingerprint density at radius 2 is 2.05 bits per heavy atom. The summed E-state index contributed by atoms with van der Waals surface area (Å²) in [5, 5.41) is 2.94. The van der Waals surface area contributed by atoms with Crippen molar-refractivity contribution >= 4 is 63.0 Å². The molecule has 2 aromatic rings. The van der Waals surface area contributed by atoms with Crippen LogP contribution in [-0.2, 0) is 5.54 Å². The van der Waals surface area contributed by atoms with Gasteiger partial charge in [0, 0.05) is 6.20 Å². The maximum atomic E-state index is 12.4. The fourth-order valence-corrected chi connectivity index (χ4v) is 4.38. The van der Waals surface area contributed by atoms with E-state index in [1.807, 2.05) is 54.6 Å². The predicted molar refractivity (Wildman–Crippen MR) is 91.8 cm³/mol. The molecule has 0 spiro atoms. The lowest BCUT2D eigenvalue weighted by Gasteiger charge is -2.25. The van der Waals surface area contributed by atoms with Crippen molar-refractivity contribution in [2.24, 2.45) is 0 Å². The number of nitrogens with one attached hydrogen (secondary N) is 1. The number of carbonyl (C=O) groups excluding carboxylic acids is 1. The number of pyridine rings is 1. The zero-order valence-electron chi connectivity index (χ0n) is 10.7. The molecule has 0 unspecified atom stereocenters. The van der Waals surface area contributed by atoms with Crippen LogP contribution >= 0.6 is 57.1 Å². The van der Waals surface area contributed by atoms with Crippen LogP contribution in [0.15, 0.2) is 24.4 Å². The van der Waals surface area contributed by atoms with Crippen LogP contribution in [0, 0.1) is 3.57 Å². The van der Waals surface area contributed by atoms with Gasteiger partial charge in [0.25, 0.3) is 5.91 Å². The van der Waals surface area contributed by atoms with Gasteiger partial charge < -0.3 is 5.32 Å². The van der Waals surface area contributed by atoms with Crippen molar-refractivity contribution in [2.45, 2.75) is 19.4 Å². The molecule has 2 heterocycles. The van der Waals surface area contributed by atoms with Gasteiger partial charge in [-0.1, -0.05) is 29.3 Å². The first kappa shape index (κ1) is 16.0. The first-order chi connectivity index (χ1) is 9.33. The number of halogens is 3. The van der Waals surface area contributed by atoms with E-state index in [4.69, 9.17) is 23.2 Å². The summed E-state index contributed by atoms with van der Waals surface area (Å²) in [6, 6.07) is 5.59. The molecule has 0 saturated heterocycles. The lowest BCUT2D eigenvalue weighted by Crippen LogP contribution is -2.41. The van der Waals surface area contributed by atoms with Gasteiger partial charge >= 0.3 is 0 Å². The molecule has 0 aliphatic heterocycles. The molecular weight excluding hydrogens is 430 g/mol. The lowest BCUT2D eigenvalue weighted by atomic mass is 9.99. The zero-order chi connectivity index (χ0) is 14.9. The molecule has 7 heteroatoms. The fourth-order valence-electron chi connectivity index (χ4n) is 1.69. The van der Waals surface area contributed by atoms with Crippen molar-refractivity contribution < 1.29 is 4.79 Å². The molecule has 0 aromatic carbocycles. The highest BCUT2D eigenvalue weighted by Crippen LogP contribution is 2.37. The van der Waals surface area contributed by atoms with Crippen LogP contribution in [0.1, 0.15) is 29.9 Å². The van der Waals surface area contributed by atoms with Gasteiger partial charge in [-0.15, -0.1) is 11.3 Å². The molecule has 0 atom stereocenters. The van der Waals surface area contributed by atoms with Crippen molar-refractivity contribution in [3.05, 3.63) is 47.9 Å². The van der Waals surface area contributed by atoms with Crippen molar-refractivity contribution in [1.29, 1.82) is 0 Å². The fraction of sp³-hybridized carbons (Fsp3) is 0.231. The molecule has 3 nitrogen and oxygen atoms in total. The number of hydrogen-bond donors (Lipinski definition) is 1. The van der Waals surface area contributed by atoms with Gasteiger partial charge in [-0.2, -0.15) is 0 Å². The predicted octanol–water partition coefficient (Wildman–Crippen LogP) is 4.72. The van der Waals surface area contributed by atoms with E-state index >= 15 is 0 Å². The van der Waals surface area contributed by atoms with E-state index in [1.165, 1.54) is 11.3 Å². The molecule has 0 radical (unpaired) electrons. The van der Waals surface area contributed by atoms with Gasteiger partial charge in [0.2, 0.25) is 0 Å². The average Bonchev–Trinajstić information content (AvgIpc) is 2.63. The molecule has 1 N–H and O–H groups in total. The minimum absolute atomic E-state index is 0.252. The Morgan fingerprint density at radius 1 is 1.35 bits per heavy atom.